The van der Waals surface area contributed by atoms with Crippen molar-refractivity contribution in [3.8, 4) is 0 Å². The Morgan fingerprint density at radius 3 is 2.94 bits per heavy atom. The van der Waals surface area contributed by atoms with Crippen molar-refractivity contribution in [2.24, 2.45) is 0 Å². The first-order valence-corrected chi connectivity index (χ1v) is 6.62. The lowest BCUT2D eigenvalue weighted by molar-refractivity contribution is 0.00284. The Morgan fingerprint density at radius 1 is 1.44 bits per heavy atom. The number of benzene rings is 1. The molecule has 0 aliphatic carbocycles. The van der Waals surface area contributed by atoms with Gasteiger partial charge in [-0.05, 0) is 38.7 Å². The number of hydrogen-bond acceptors (Lipinski definition) is 3. The zero-order chi connectivity index (χ0) is 13.2. The summed E-state index contributed by atoms with van der Waals surface area (Å²) >= 11 is 0. The van der Waals surface area contributed by atoms with Crippen LogP contribution in [0.5, 0.6) is 0 Å². The molecule has 0 bridgehead atoms. The van der Waals surface area contributed by atoms with Crippen LogP contribution in [0.15, 0.2) is 18.2 Å². The van der Waals surface area contributed by atoms with E-state index in [4.69, 9.17) is 4.74 Å². The molecule has 1 aliphatic heterocycles. The number of anilines is 1. The van der Waals surface area contributed by atoms with Crippen LogP contribution >= 0.6 is 0 Å². The molecule has 0 saturated carbocycles. The number of nitrogens with one attached hydrogen (secondary N) is 1. The third-order valence-corrected chi connectivity index (χ3v) is 3.81. The van der Waals surface area contributed by atoms with Gasteiger partial charge in [-0.3, -0.25) is 0 Å². The molecule has 0 aromatic heterocycles. The SMILES string of the molecule is COC(C)(C)CCC(O)c1cccc2c1NCC2. The molecule has 0 radical (unpaired) electrons. The standard InChI is InChI=1S/C15H23NO2/c1-15(2,18-3)9-7-13(17)12-6-4-5-11-8-10-16-14(11)12/h4-6,13,16-17H,7-10H2,1-3H3. The molecule has 3 nitrogen and oxygen atoms in total. The lowest BCUT2D eigenvalue weighted by Crippen LogP contribution is -2.23. The number of para-hydroxylation sites is 1. The van der Waals surface area contributed by atoms with Crippen LogP contribution < -0.4 is 5.32 Å². The minimum Gasteiger partial charge on any atom is -0.388 e. The van der Waals surface area contributed by atoms with E-state index >= 15 is 0 Å². The van der Waals surface area contributed by atoms with Crippen LogP contribution in [-0.2, 0) is 11.2 Å². The first-order valence-electron chi connectivity index (χ1n) is 6.62. The molecule has 18 heavy (non-hydrogen) atoms. The van der Waals surface area contributed by atoms with E-state index in [-0.39, 0.29) is 5.60 Å². The van der Waals surface area contributed by atoms with Crippen molar-refractivity contribution >= 4 is 5.69 Å². The fourth-order valence-corrected chi connectivity index (χ4v) is 2.39. The van der Waals surface area contributed by atoms with Crippen molar-refractivity contribution in [3.05, 3.63) is 29.3 Å². The van der Waals surface area contributed by atoms with E-state index in [1.807, 2.05) is 26.0 Å². The van der Waals surface area contributed by atoms with Gasteiger partial charge in [0.15, 0.2) is 0 Å². The Labute approximate surface area is 109 Å². The van der Waals surface area contributed by atoms with Gasteiger partial charge in [0.05, 0.1) is 11.7 Å². The molecular formula is C15H23NO2. The number of methoxy groups -OCH3 is 1. The Hall–Kier alpha value is -1.06. The fraction of sp³-hybridized carbons (Fsp3) is 0.600. The first kappa shape index (κ1) is 13.4. The molecule has 1 unspecified atom stereocenters. The van der Waals surface area contributed by atoms with Gasteiger partial charge in [0.25, 0.3) is 0 Å². The molecule has 1 aliphatic rings. The molecule has 1 aromatic carbocycles. The number of aliphatic hydroxyl groups excluding tert-OH is 1. The average molecular weight is 249 g/mol. The quantitative estimate of drug-likeness (QED) is 0.843. The van der Waals surface area contributed by atoms with Crippen LogP contribution in [0.25, 0.3) is 0 Å². The molecule has 3 heteroatoms. The zero-order valence-electron chi connectivity index (χ0n) is 11.5. The highest BCUT2D eigenvalue weighted by Gasteiger charge is 2.22. The van der Waals surface area contributed by atoms with Crippen LogP contribution in [0.4, 0.5) is 5.69 Å². The van der Waals surface area contributed by atoms with Gasteiger partial charge in [-0.1, -0.05) is 18.2 Å². The minimum atomic E-state index is -0.417. The molecule has 1 heterocycles. The molecule has 100 valence electrons. The maximum Gasteiger partial charge on any atom is 0.0811 e. The van der Waals surface area contributed by atoms with Gasteiger partial charge in [-0.2, -0.15) is 0 Å². The lowest BCUT2D eigenvalue weighted by Gasteiger charge is -2.25. The Kier molecular flexibility index (Phi) is 3.93. The summed E-state index contributed by atoms with van der Waals surface area (Å²) in [6, 6.07) is 6.18. The number of ether oxygens (including phenoxy) is 1. The largest absolute Gasteiger partial charge is 0.388 e. The van der Waals surface area contributed by atoms with E-state index in [2.05, 4.69) is 11.4 Å². The van der Waals surface area contributed by atoms with Gasteiger partial charge < -0.3 is 15.2 Å². The summed E-state index contributed by atoms with van der Waals surface area (Å²) in [7, 11) is 1.72. The van der Waals surface area contributed by atoms with Gasteiger partial charge >= 0.3 is 0 Å². The Balaban J connectivity index is 2.06. The predicted molar refractivity (Wildman–Crippen MR) is 73.9 cm³/mol. The van der Waals surface area contributed by atoms with Crippen molar-refractivity contribution in [1.82, 2.24) is 0 Å². The lowest BCUT2D eigenvalue weighted by atomic mass is 9.95. The average Bonchev–Trinajstić information content (AvgIpc) is 2.84. The highest BCUT2D eigenvalue weighted by atomic mass is 16.5. The second-order valence-corrected chi connectivity index (χ2v) is 5.58. The van der Waals surface area contributed by atoms with Crippen molar-refractivity contribution < 1.29 is 9.84 Å². The molecule has 1 aromatic rings. The van der Waals surface area contributed by atoms with E-state index in [1.54, 1.807) is 7.11 Å². The topological polar surface area (TPSA) is 41.5 Å². The molecular weight excluding hydrogens is 226 g/mol. The molecule has 0 amide bonds. The molecule has 2 N–H and O–H groups in total. The van der Waals surface area contributed by atoms with E-state index in [0.717, 1.165) is 37.1 Å². The molecule has 0 spiro atoms. The summed E-state index contributed by atoms with van der Waals surface area (Å²) in [6.07, 6.45) is 2.20. The van der Waals surface area contributed by atoms with Crippen molar-refractivity contribution in [2.45, 2.75) is 44.8 Å². The Morgan fingerprint density at radius 2 is 2.22 bits per heavy atom. The van der Waals surface area contributed by atoms with Crippen molar-refractivity contribution in [1.29, 1.82) is 0 Å². The van der Waals surface area contributed by atoms with Crippen LogP contribution in [-0.4, -0.2) is 24.4 Å². The van der Waals surface area contributed by atoms with Crippen LogP contribution in [0.3, 0.4) is 0 Å². The van der Waals surface area contributed by atoms with Crippen LogP contribution in [0.2, 0.25) is 0 Å². The monoisotopic (exact) mass is 249 g/mol. The third-order valence-electron chi connectivity index (χ3n) is 3.81. The van der Waals surface area contributed by atoms with Gasteiger partial charge in [-0.25, -0.2) is 0 Å². The summed E-state index contributed by atoms with van der Waals surface area (Å²) in [6.45, 7) is 5.07. The van der Waals surface area contributed by atoms with Crippen LogP contribution in [0.1, 0.15) is 43.9 Å². The molecule has 1 atom stereocenters. The highest BCUT2D eigenvalue weighted by molar-refractivity contribution is 5.61. The van der Waals surface area contributed by atoms with Crippen LogP contribution in [0, 0.1) is 0 Å². The van der Waals surface area contributed by atoms with E-state index in [9.17, 15) is 5.11 Å². The minimum absolute atomic E-state index is 0.174. The smallest absolute Gasteiger partial charge is 0.0811 e. The maximum atomic E-state index is 10.3. The first-order chi connectivity index (χ1) is 8.53. The molecule has 0 saturated heterocycles. The second-order valence-electron chi connectivity index (χ2n) is 5.58. The van der Waals surface area contributed by atoms with E-state index in [0.29, 0.717) is 0 Å². The van der Waals surface area contributed by atoms with Gasteiger partial charge in [0.2, 0.25) is 0 Å². The summed E-state index contributed by atoms with van der Waals surface area (Å²) in [5.41, 5.74) is 3.31. The summed E-state index contributed by atoms with van der Waals surface area (Å²) in [4.78, 5) is 0. The molecule has 0 fully saturated rings. The van der Waals surface area contributed by atoms with E-state index in [1.165, 1.54) is 5.56 Å². The predicted octanol–water partition coefficient (Wildman–Crippen LogP) is 2.89. The maximum absolute atomic E-state index is 10.3. The van der Waals surface area contributed by atoms with Gasteiger partial charge in [0, 0.05) is 24.9 Å². The summed E-state index contributed by atoms with van der Waals surface area (Å²) in [5.74, 6) is 0. The second kappa shape index (κ2) is 5.29. The van der Waals surface area contributed by atoms with Crippen molar-refractivity contribution in [3.63, 3.8) is 0 Å². The van der Waals surface area contributed by atoms with E-state index < -0.39 is 6.10 Å². The molecule has 2 rings (SSSR count). The number of hydrogen-bond donors (Lipinski definition) is 2. The summed E-state index contributed by atoms with van der Waals surface area (Å²) in [5, 5.41) is 13.7. The normalized spacial score (nSPS) is 16.2. The third kappa shape index (κ3) is 2.85. The summed E-state index contributed by atoms with van der Waals surface area (Å²) < 4.78 is 5.39. The van der Waals surface area contributed by atoms with Crippen molar-refractivity contribution in [2.75, 3.05) is 19.0 Å². The highest BCUT2D eigenvalue weighted by Crippen LogP contribution is 2.33. The Bertz CT molecular complexity index is 415. The van der Waals surface area contributed by atoms with Gasteiger partial charge in [0.1, 0.15) is 0 Å². The number of rotatable bonds is 5. The van der Waals surface area contributed by atoms with Gasteiger partial charge in [-0.15, -0.1) is 0 Å². The zero-order valence-corrected chi connectivity index (χ0v) is 11.5. The number of fused-ring (bicyclic) bond motifs is 1. The fourth-order valence-electron chi connectivity index (χ4n) is 2.39. The number of aliphatic hydroxyl groups is 1.